The summed E-state index contributed by atoms with van der Waals surface area (Å²) in [7, 11) is 1.88. The van der Waals surface area contributed by atoms with Crippen LogP contribution in [0.3, 0.4) is 0 Å². The summed E-state index contributed by atoms with van der Waals surface area (Å²) in [6, 6.07) is 3.66. The zero-order valence-corrected chi connectivity index (χ0v) is 9.82. The molecule has 0 unspecified atom stereocenters. The van der Waals surface area contributed by atoms with Crippen LogP contribution in [0.5, 0.6) is 0 Å². The maximum absolute atomic E-state index is 5.59. The van der Waals surface area contributed by atoms with E-state index < -0.39 is 0 Å². The molecule has 0 aromatic carbocycles. The first-order valence-corrected chi connectivity index (χ1v) is 5.45. The molecule has 0 saturated carbocycles. The van der Waals surface area contributed by atoms with Crippen LogP contribution >= 0.6 is 11.8 Å². The number of aromatic nitrogens is 4. The lowest BCUT2D eigenvalue weighted by atomic mass is 10.5. The average Bonchev–Trinajstić information content (AvgIpc) is 2.43. The highest BCUT2D eigenvalue weighted by Crippen LogP contribution is 2.27. The third kappa shape index (κ3) is 2.25. The highest BCUT2D eigenvalue weighted by Gasteiger charge is 2.07. The molecule has 2 aromatic rings. The van der Waals surface area contributed by atoms with Crippen molar-refractivity contribution in [3.8, 4) is 0 Å². The van der Waals surface area contributed by atoms with Crippen LogP contribution in [0.4, 0.5) is 11.8 Å². The second kappa shape index (κ2) is 4.01. The van der Waals surface area contributed by atoms with Crippen LogP contribution in [0.15, 0.2) is 22.2 Å². The van der Waals surface area contributed by atoms with Crippen molar-refractivity contribution < 1.29 is 0 Å². The van der Waals surface area contributed by atoms with E-state index in [1.54, 1.807) is 10.7 Å². The van der Waals surface area contributed by atoms with Crippen LogP contribution in [0.1, 0.15) is 5.69 Å². The van der Waals surface area contributed by atoms with E-state index in [9.17, 15) is 0 Å². The second-order valence-electron chi connectivity index (χ2n) is 3.34. The molecule has 4 N–H and O–H groups in total. The number of anilines is 2. The first kappa shape index (κ1) is 10.7. The summed E-state index contributed by atoms with van der Waals surface area (Å²) >= 11 is 1.45. The molecule has 0 aliphatic carbocycles. The van der Waals surface area contributed by atoms with Crippen LogP contribution in [0, 0.1) is 6.92 Å². The van der Waals surface area contributed by atoms with Gasteiger partial charge in [0.05, 0.1) is 5.69 Å². The fourth-order valence-corrected chi connectivity index (χ4v) is 2.24. The number of nitrogens with two attached hydrogens (primary N) is 2. The lowest BCUT2D eigenvalue weighted by Crippen LogP contribution is -2.00. The maximum Gasteiger partial charge on any atom is 0.223 e. The smallest absolute Gasteiger partial charge is 0.223 e. The molecule has 0 amide bonds. The molecule has 0 spiro atoms. The summed E-state index contributed by atoms with van der Waals surface area (Å²) in [4.78, 5) is 7.90. The number of aryl methyl sites for hydroxylation is 2. The Morgan fingerprint density at radius 3 is 2.56 bits per heavy atom. The molecule has 7 heteroatoms. The molecular formula is C9H12N6S. The van der Waals surface area contributed by atoms with Gasteiger partial charge in [-0.05, 0) is 13.0 Å². The molecule has 2 aromatic heterocycles. The molecule has 84 valence electrons. The first-order chi connectivity index (χ1) is 7.54. The highest BCUT2D eigenvalue weighted by atomic mass is 32.2. The van der Waals surface area contributed by atoms with Gasteiger partial charge in [0.15, 0.2) is 0 Å². The summed E-state index contributed by atoms with van der Waals surface area (Å²) in [5.41, 5.74) is 12.1. The van der Waals surface area contributed by atoms with E-state index in [4.69, 9.17) is 11.5 Å². The van der Waals surface area contributed by atoms with Gasteiger partial charge in [0, 0.05) is 13.1 Å². The van der Waals surface area contributed by atoms with E-state index in [0.717, 1.165) is 10.7 Å². The predicted molar refractivity (Wildman–Crippen MR) is 62.9 cm³/mol. The fourth-order valence-electron chi connectivity index (χ4n) is 1.30. The Morgan fingerprint density at radius 1 is 1.25 bits per heavy atom. The van der Waals surface area contributed by atoms with Crippen LogP contribution in [0.25, 0.3) is 0 Å². The van der Waals surface area contributed by atoms with Crippen molar-refractivity contribution in [2.75, 3.05) is 11.5 Å². The van der Waals surface area contributed by atoms with E-state index in [-0.39, 0.29) is 5.95 Å². The highest BCUT2D eigenvalue weighted by molar-refractivity contribution is 7.99. The first-order valence-electron chi connectivity index (χ1n) is 4.63. The number of rotatable bonds is 2. The third-order valence-corrected chi connectivity index (χ3v) is 2.92. The zero-order valence-electron chi connectivity index (χ0n) is 9.01. The molecule has 16 heavy (non-hydrogen) atoms. The SMILES string of the molecule is Cc1cc(Sc2cc(N)nc(N)n2)n(C)n1. The van der Waals surface area contributed by atoms with E-state index in [2.05, 4.69) is 15.1 Å². The van der Waals surface area contributed by atoms with Crippen molar-refractivity contribution in [3.05, 3.63) is 17.8 Å². The summed E-state index contributed by atoms with van der Waals surface area (Å²) < 4.78 is 1.79. The Hall–Kier alpha value is -1.76. The van der Waals surface area contributed by atoms with Gasteiger partial charge in [-0.2, -0.15) is 10.1 Å². The molecule has 0 atom stereocenters. The Labute approximate surface area is 97.1 Å². The molecule has 2 heterocycles. The molecule has 0 bridgehead atoms. The molecular weight excluding hydrogens is 224 g/mol. The van der Waals surface area contributed by atoms with E-state index >= 15 is 0 Å². The van der Waals surface area contributed by atoms with Crippen LogP contribution < -0.4 is 11.5 Å². The van der Waals surface area contributed by atoms with E-state index in [1.165, 1.54) is 11.8 Å². The number of nitrogen functional groups attached to an aromatic ring is 2. The maximum atomic E-state index is 5.59. The van der Waals surface area contributed by atoms with Gasteiger partial charge in [-0.15, -0.1) is 0 Å². The van der Waals surface area contributed by atoms with Crippen LogP contribution in [-0.2, 0) is 7.05 Å². The normalized spacial score (nSPS) is 10.6. The molecule has 0 fully saturated rings. The number of nitrogens with zero attached hydrogens (tertiary/aromatic N) is 4. The van der Waals surface area contributed by atoms with Crippen molar-refractivity contribution in [1.29, 1.82) is 0 Å². The largest absolute Gasteiger partial charge is 0.383 e. The summed E-state index contributed by atoms with van der Waals surface area (Å²) in [6.07, 6.45) is 0. The Morgan fingerprint density at radius 2 is 2.00 bits per heavy atom. The quantitative estimate of drug-likeness (QED) is 0.750. The van der Waals surface area contributed by atoms with E-state index in [0.29, 0.717) is 10.8 Å². The van der Waals surface area contributed by atoms with Crippen molar-refractivity contribution >= 4 is 23.5 Å². The van der Waals surface area contributed by atoms with Crippen molar-refractivity contribution in [1.82, 2.24) is 19.7 Å². The minimum atomic E-state index is 0.182. The van der Waals surface area contributed by atoms with Gasteiger partial charge >= 0.3 is 0 Å². The zero-order chi connectivity index (χ0) is 11.7. The van der Waals surface area contributed by atoms with Gasteiger partial charge < -0.3 is 11.5 Å². The Bertz CT molecular complexity index is 500. The summed E-state index contributed by atoms with van der Waals surface area (Å²) in [5, 5.41) is 5.94. The van der Waals surface area contributed by atoms with Crippen molar-refractivity contribution in [2.24, 2.45) is 7.05 Å². The summed E-state index contributed by atoms with van der Waals surface area (Å²) in [5.74, 6) is 0.551. The second-order valence-corrected chi connectivity index (χ2v) is 4.38. The minimum absolute atomic E-state index is 0.182. The van der Waals surface area contributed by atoms with Gasteiger partial charge in [0.2, 0.25) is 5.95 Å². The molecule has 0 aliphatic heterocycles. The van der Waals surface area contributed by atoms with Gasteiger partial charge in [-0.1, -0.05) is 11.8 Å². The van der Waals surface area contributed by atoms with Crippen molar-refractivity contribution in [2.45, 2.75) is 17.0 Å². The van der Waals surface area contributed by atoms with Gasteiger partial charge in [0.1, 0.15) is 15.9 Å². The predicted octanol–water partition coefficient (Wildman–Crippen LogP) is 0.834. The molecule has 0 radical (unpaired) electrons. The molecule has 2 rings (SSSR count). The molecule has 0 saturated heterocycles. The Balaban J connectivity index is 2.30. The number of hydrogen-bond acceptors (Lipinski definition) is 6. The monoisotopic (exact) mass is 236 g/mol. The minimum Gasteiger partial charge on any atom is -0.383 e. The summed E-state index contributed by atoms with van der Waals surface area (Å²) in [6.45, 7) is 1.94. The number of hydrogen-bond donors (Lipinski definition) is 2. The van der Waals surface area contributed by atoms with E-state index in [1.807, 2.05) is 20.0 Å². The van der Waals surface area contributed by atoms with Gasteiger partial charge in [-0.25, -0.2) is 4.98 Å². The average molecular weight is 236 g/mol. The molecule has 0 aliphatic rings. The Kier molecular flexibility index (Phi) is 2.69. The topological polar surface area (TPSA) is 95.6 Å². The van der Waals surface area contributed by atoms with Gasteiger partial charge in [-0.3, -0.25) is 4.68 Å². The lowest BCUT2D eigenvalue weighted by Gasteiger charge is -2.02. The van der Waals surface area contributed by atoms with Crippen LogP contribution in [0.2, 0.25) is 0 Å². The van der Waals surface area contributed by atoms with Gasteiger partial charge in [0.25, 0.3) is 0 Å². The van der Waals surface area contributed by atoms with Crippen LogP contribution in [-0.4, -0.2) is 19.7 Å². The van der Waals surface area contributed by atoms with Crippen molar-refractivity contribution in [3.63, 3.8) is 0 Å². The fraction of sp³-hybridized carbons (Fsp3) is 0.222. The third-order valence-electron chi connectivity index (χ3n) is 1.91. The standard InChI is InChI=1S/C9H12N6S/c1-5-3-8(15(2)14-5)16-7-4-6(10)12-9(11)13-7/h3-4H,1-2H3,(H4,10,11,12,13). The molecule has 6 nitrogen and oxygen atoms in total. The lowest BCUT2D eigenvalue weighted by molar-refractivity contribution is 0.692.